The van der Waals surface area contributed by atoms with Crippen molar-refractivity contribution >= 4 is 5.97 Å². The molecule has 3 atom stereocenters. The number of aliphatic hydroxyl groups is 2. The van der Waals surface area contributed by atoms with Crippen molar-refractivity contribution < 1.29 is 24.9 Å². The maximum Gasteiger partial charge on any atom is 0.332 e. The molecule has 0 saturated carbocycles. The van der Waals surface area contributed by atoms with Gasteiger partial charge in [0.1, 0.15) is 0 Å². The highest BCUT2D eigenvalue weighted by molar-refractivity contribution is 5.71. The van der Waals surface area contributed by atoms with Gasteiger partial charge in [0.15, 0.2) is 6.10 Å². The lowest BCUT2D eigenvalue weighted by molar-refractivity contribution is -0.149. The molecule has 5 heteroatoms. The van der Waals surface area contributed by atoms with Crippen molar-refractivity contribution in [1.82, 2.24) is 0 Å². The Bertz CT molecular complexity index is 159. The van der Waals surface area contributed by atoms with Gasteiger partial charge in [-0.15, -0.1) is 0 Å². The van der Waals surface area contributed by atoms with E-state index in [4.69, 9.17) is 14.9 Å². The Morgan fingerprint density at radius 2 is 2.00 bits per heavy atom. The van der Waals surface area contributed by atoms with Gasteiger partial charge in [-0.25, -0.2) is 4.79 Å². The molecule has 13 heavy (non-hydrogen) atoms. The second-order valence-electron chi connectivity index (χ2n) is 2.84. The summed E-state index contributed by atoms with van der Waals surface area (Å²) in [7, 11) is 1.37. The van der Waals surface area contributed by atoms with E-state index in [9.17, 15) is 9.90 Å². The van der Waals surface area contributed by atoms with Crippen LogP contribution < -0.4 is 0 Å². The first-order chi connectivity index (χ1) is 6.02. The van der Waals surface area contributed by atoms with E-state index in [2.05, 4.69) is 0 Å². The van der Waals surface area contributed by atoms with Crippen LogP contribution in [0.15, 0.2) is 0 Å². The van der Waals surface area contributed by atoms with Gasteiger partial charge in [-0.3, -0.25) is 0 Å². The average Bonchev–Trinajstić information content (AvgIpc) is 2.12. The topological polar surface area (TPSA) is 87.0 Å². The largest absolute Gasteiger partial charge is 0.479 e. The predicted octanol–water partition coefficient (Wildman–Crippen LogP) is -0.392. The highest BCUT2D eigenvalue weighted by Crippen LogP contribution is 2.09. The van der Waals surface area contributed by atoms with Crippen LogP contribution in [0.5, 0.6) is 0 Å². The first kappa shape index (κ1) is 12.3. The van der Waals surface area contributed by atoms with Crippen LogP contribution in [0.25, 0.3) is 0 Å². The zero-order valence-corrected chi connectivity index (χ0v) is 7.80. The smallest absolute Gasteiger partial charge is 0.332 e. The molecular formula is C8H16O5. The molecule has 0 spiro atoms. The fraction of sp³-hybridized carbons (Fsp3) is 0.875. The molecule has 0 amide bonds. The van der Waals surface area contributed by atoms with E-state index >= 15 is 0 Å². The van der Waals surface area contributed by atoms with E-state index in [-0.39, 0.29) is 6.42 Å². The van der Waals surface area contributed by atoms with Crippen molar-refractivity contribution in [1.29, 1.82) is 0 Å². The van der Waals surface area contributed by atoms with Crippen LogP contribution in [0.2, 0.25) is 0 Å². The van der Waals surface area contributed by atoms with Gasteiger partial charge in [0.05, 0.1) is 12.2 Å². The molecule has 0 aliphatic rings. The van der Waals surface area contributed by atoms with Crippen molar-refractivity contribution in [3.05, 3.63) is 0 Å². The van der Waals surface area contributed by atoms with Crippen molar-refractivity contribution in [2.75, 3.05) is 7.11 Å². The van der Waals surface area contributed by atoms with Crippen molar-refractivity contribution in [3.8, 4) is 0 Å². The Balaban J connectivity index is 4.04. The van der Waals surface area contributed by atoms with E-state index in [1.165, 1.54) is 7.11 Å². The monoisotopic (exact) mass is 192 g/mol. The van der Waals surface area contributed by atoms with Gasteiger partial charge in [0.2, 0.25) is 0 Å². The lowest BCUT2D eigenvalue weighted by atomic mass is 10.0. The SMILES string of the molecule is CCC(O)C(CC(O)C(=O)O)OC. The second-order valence-corrected chi connectivity index (χ2v) is 2.84. The highest BCUT2D eigenvalue weighted by Gasteiger charge is 2.24. The van der Waals surface area contributed by atoms with Gasteiger partial charge in [-0.1, -0.05) is 6.92 Å². The molecule has 3 N–H and O–H groups in total. The van der Waals surface area contributed by atoms with E-state index in [0.717, 1.165) is 0 Å². The summed E-state index contributed by atoms with van der Waals surface area (Å²) in [5, 5.41) is 26.7. The standard InChI is InChI=1S/C8H16O5/c1-3-5(9)7(13-2)4-6(10)8(11)12/h5-7,9-10H,3-4H2,1-2H3,(H,11,12). The van der Waals surface area contributed by atoms with E-state index in [1.807, 2.05) is 0 Å². The number of hydrogen-bond donors (Lipinski definition) is 3. The molecule has 0 aromatic rings. The molecule has 78 valence electrons. The Morgan fingerprint density at radius 1 is 1.46 bits per heavy atom. The zero-order chi connectivity index (χ0) is 10.4. The Kier molecular flexibility index (Phi) is 5.61. The number of carbonyl (C=O) groups is 1. The minimum atomic E-state index is -1.48. The quantitative estimate of drug-likeness (QED) is 0.533. The fourth-order valence-corrected chi connectivity index (χ4v) is 0.994. The number of methoxy groups -OCH3 is 1. The first-order valence-corrected chi connectivity index (χ1v) is 4.14. The van der Waals surface area contributed by atoms with Crippen LogP contribution >= 0.6 is 0 Å². The maximum absolute atomic E-state index is 10.3. The molecule has 0 fully saturated rings. The molecule has 0 rings (SSSR count). The Labute approximate surface area is 77.0 Å². The maximum atomic E-state index is 10.3. The minimum Gasteiger partial charge on any atom is -0.479 e. The van der Waals surface area contributed by atoms with Crippen LogP contribution in [-0.2, 0) is 9.53 Å². The van der Waals surface area contributed by atoms with Gasteiger partial charge in [0, 0.05) is 13.5 Å². The summed E-state index contributed by atoms with van der Waals surface area (Å²) in [5.41, 5.74) is 0. The van der Waals surface area contributed by atoms with Crippen LogP contribution in [0.3, 0.4) is 0 Å². The number of aliphatic hydroxyl groups excluding tert-OH is 2. The summed E-state index contributed by atoms with van der Waals surface area (Å²) in [4.78, 5) is 10.3. The molecule has 0 aromatic carbocycles. The molecule has 0 radical (unpaired) electrons. The van der Waals surface area contributed by atoms with E-state index in [0.29, 0.717) is 6.42 Å². The number of aliphatic carboxylic acids is 1. The molecule has 3 unspecified atom stereocenters. The third-order valence-corrected chi connectivity index (χ3v) is 1.89. The number of ether oxygens (including phenoxy) is 1. The van der Waals surface area contributed by atoms with Crippen molar-refractivity contribution in [3.63, 3.8) is 0 Å². The summed E-state index contributed by atoms with van der Waals surface area (Å²) < 4.78 is 4.85. The molecule has 0 aliphatic heterocycles. The van der Waals surface area contributed by atoms with E-state index in [1.54, 1.807) is 6.92 Å². The van der Waals surface area contributed by atoms with Gasteiger partial charge >= 0.3 is 5.97 Å². The highest BCUT2D eigenvalue weighted by atomic mass is 16.5. The third kappa shape index (κ3) is 4.21. The fourth-order valence-electron chi connectivity index (χ4n) is 0.994. The first-order valence-electron chi connectivity index (χ1n) is 4.14. The van der Waals surface area contributed by atoms with Gasteiger partial charge in [0.25, 0.3) is 0 Å². The number of hydrogen-bond acceptors (Lipinski definition) is 4. The minimum absolute atomic E-state index is 0.0964. The summed E-state index contributed by atoms with van der Waals surface area (Å²) >= 11 is 0. The Morgan fingerprint density at radius 3 is 2.31 bits per heavy atom. The molecule has 5 nitrogen and oxygen atoms in total. The van der Waals surface area contributed by atoms with Crippen LogP contribution in [0.4, 0.5) is 0 Å². The van der Waals surface area contributed by atoms with Crippen LogP contribution in [-0.4, -0.2) is 46.7 Å². The summed E-state index contributed by atoms with van der Waals surface area (Å²) in [6.45, 7) is 1.75. The van der Waals surface area contributed by atoms with Crippen molar-refractivity contribution in [2.24, 2.45) is 0 Å². The third-order valence-electron chi connectivity index (χ3n) is 1.89. The number of carboxylic acid groups (broad SMARTS) is 1. The molecular weight excluding hydrogens is 176 g/mol. The molecule has 0 aliphatic carbocycles. The lowest BCUT2D eigenvalue weighted by Crippen LogP contribution is -2.34. The Hall–Kier alpha value is -0.650. The molecule has 0 bridgehead atoms. The van der Waals surface area contributed by atoms with Gasteiger partial charge < -0.3 is 20.1 Å². The second kappa shape index (κ2) is 5.90. The van der Waals surface area contributed by atoms with Gasteiger partial charge in [-0.2, -0.15) is 0 Å². The molecule has 0 heterocycles. The molecule has 0 aromatic heterocycles. The molecule has 0 saturated heterocycles. The van der Waals surface area contributed by atoms with Crippen LogP contribution in [0.1, 0.15) is 19.8 Å². The zero-order valence-electron chi connectivity index (χ0n) is 7.80. The number of rotatable bonds is 6. The average molecular weight is 192 g/mol. The summed E-state index contributed by atoms with van der Waals surface area (Å²) in [6.07, 6.45) is -2.48. The van der Waals surface area contributed by atoms with E-state index < -0.39 is 24.3 Å². The van der Waals surface area contributed by atoms with Crippen molar-refractivity contribution in [2.45, 2.75) is 38.1 Å². The van der Waals surface area contributed by atoms with Gasteiger partial charge in [-0.05, 0) is 6.42 Å². The summed E-state index contributed by atoms with van der Waals surface area (Å²) in [6, 6.07) is 0. The summed E-state index contributed by atoms with van der Waals surface area (Å²) in [5.74, 6) is -1.30. The predicted molar refractivity (Wildman–Crippen MR) is 45.4 cm³/mol. The lowest BCUT2D eigenvalue weighted by Gasteiger charge is -2.21. The van der Waals surface area contributed by atoms with Crippen LogP contribution in [0, 0.1) is 0 Å². The normalized spacial score (nSPS) is 17.8. The number of carboxylic acids is 1.